The van der Waals surface area contributed by atoms with Crippen LogP contribution in [0, 0.1) is 6.92 Å². The Kier molecular flexibility index (Phi) is 5.20. The first kappa shape index (κ1) is 20.3. The number of hydrogen-bond acceptors (Lipinski definition) is 7. The minimum atomic E-state index is -0.363. The van der Waals surface area contributed by atoms with E-state index in [4.69, 9.17) is 30.8 Å². The summed E-state index contributed by atoms with van der Waals surface area (Å²) in [5.74, 6) is 1.96. The minimum Gasteiger partial charge on any atom is -0.496 e. The van der Waals surface area contributed by atoms with Crippen LogP contribution in [-0.2, 0) is 0 Å². The van der Waals surface area contributed by atoms with Crippen molar-refractivity contribution in [3.8, 4) is 33.6 Å². The van der Waals surface area contributed by atoms with Gasteiger partial charge in [-0.1, -0.05) is 11.6 Å². The Balaban J connectivity index is 1.44. The average molecular weight is 469 g/mol. The fourth-order valence-corrected chi connectivity index (χ4v) is 4.29. The number of amides is 1. The minimum absolute atomic E-state index is 0.216. The lowest BCUT2D eigenvalue weighted by Gasteiger charge is -2.10. The molecule has 1 aliphatic heterocycles. The van der Waals surface area contributed by atoms with Crippen LogP contribution in [0.5, 0.6) is 17.2 Å². The molecule has 32 heavy (non-hydrogen) atoms. The third-order valence-corrected chi connectivity index (χ3v) is 5.87. The molecule has 0 spiro atoms. The molecule has 162 valence electrons. The van der Waals surface area contributed by atoms with Crippen molar-refractivity contribution >= 4 is 34.7 Å². The van der Waals surface area contributed by atoms with Crippen molar-refractivity contribution in [2.24, 2.45) is 0 Å². The number of rotatable bonds is 5. The van der Waals surface area contributed by atoms with E-state index in [9.17, 15) is 4.79 Å². The largest absolute Gasteiger partial charge is 0.496 e. The van der Waals surface area contributed by atoms with Crippen LogP contribution >= 0.6 is 22.9 Å². The van der Waals surface area contributed by atoms with E-state index in [-0.39, 0.29) is 12.7 Å². The van der Waals surface area contributed by atoms with Gasteiger partial charge in [0.05, 0.1) is 24.1 Å². The Labute approximate surface area is 192 Å². The molecule has 1 aliphatic rings. The molecule has 10 heteroatoms. The summed E-state index contributed by atoms with van der Waals surface area (Å²) in [6, 6.07) is 12.3. The summed E-state index contributed by atoms with van der Waals surface area (Å²) < 4.78 is 17.7. The number of carbonyl (C=O) groups excluding carboxylic acids is 1. The van der Waals surface area contributed by atoms with Gasteiger partial charge in [0.1, 0.15) is 11.6 Å². The normalized spacial score (nSPS) is 12.1. The Bertz CT molecular complexity index is 1330. The van der Waals surface area contributed by atoms with Crippen LogP contribution in [0.3, 0.4) is 0 Å². The maximum absolute atomic E-state index is 12.9. The first-order chi connectivity index (χ1) is 15.5. The third-order valence-electron chi connectivity index (χ3n) is 4.82. The van der Waals surface area contributed by atoms with E-state index in [1.54, 1.807) is 28.9 Å². The van der Waals surface area contributed by atoms with Crippen molar-refractivity contribution in [3.05, 3.63) is 64.1 Å². The van der Waals surface area contributed by atoms with Crippen molar-refractivity contribution in [3.63, 3.8) is 0 Å². The number of nitrogens with one attached hydrogen (secondary N) is 1. The van der Waals surface area contributed by atoms with Crippen LogP contribution in [0.4, 0.5) is 5.82 Å². The second kappa shape index (κ2) is 8.18. The van der Waals surface area contributed by atoms with Gasteiger partial charge in [-0.05, 0) is 43.3 Å². The summed E-state index contributed by atoms with van der Waals surface area (Å²) in [4.78, 5) is 17.6. The number of hydrogen-bond donors (Lipinski definition) is 1. The number of benzene rings is 2. The molecule has 0 saturated carbocycles. The number of carbonyl (C=O) groups is 1. The van der Waals surface area contributed by atoms with Crippen LogP contribution in [0.25, 0.3) is 16.4 Å². The first-order valence-corrected chi connectivity index (χ1v) is 10.8. The second-order valence-corrected chi connectivity index (χ2v) is 8.24. The highest BCUT2D eigenvalue weighted by atomic mass is 35.5. The number of aryl methyl sites for hydroxylation is 1. The van der Waals surface area contributed by atoms with Gasteiger partial charge in [0.25, 0.3) is 5.91 Å². The topological polar surface area (TPSA) is 87.5 Å². The summed E-state index contributed by atoms with van der Waals surface area (Å²) in [5, 5.41) is 10.4. The van der Waals surface area contributed by atoms with Crippen LogP contribution in [-0.4, -0.2) is 34.6 Å². The van der Waals surface area contributed by atoms with Gasteiger partial charge in [-0.25, -0.2) is 4.98 Å². The van der Waals surface area contributed by atoms with Gasteiger partial charge in [0.2, 0.25) is 11.9 Å². The average Bonchev–Trinajstić information content (AvgIpc) is 3.52. The number of fused-ring (bicyclic) bond motifs is 1. The Morgan fingerprint density at radius 2 is 2.03 bits per heavy atom. The Hall–Kier alpha value is -3.56. The molecule has 5 rings (SSSR count). The fourth-order valence-electron chi connectivity index (χ4n) is 3.33. The monoisotopic (exact) mass is 468 g/mol. The zero-order valence-corrected chi connectivity index (χ0v) is 18.7. The quantitative estimate of drug-likeness (QED) is 0.446. The van der Waals surface area contributed by atoms with Gasteiger partial charge in [-0.3, -0.25) is 4.79 Å². The van der Waals surface area contributed by atoms with Gasteiger partial charge >= 0.3 is 0 Å². The first-order valence-electron chi connectivity index (χ1n) is 9.59. The molecule has 0 atom stereocenters. The lowest BCUT2D eigenvalue weighted by Crippen LogP contribution is -2.16. The molecule has 0 unspecified atom stereocenters. The van der Waals surface area contributed by atoms with Gasteiger partial charge in [0, 0.05) is 22.0 Å². The maximum Gasteiger partial charge on any atom is 0.260 e. The number of nitrogens with zero attached hydrogens (tertiary/aromatic N) is 3. The van der Waals surface area contributed by atoms with Crippen LogP contribution in [0.2, 0.25) is 5.02 Å². The van der Waals surface area contributed by atoms with E-state index >= 15 is 0 Å². The highest BCUT2D eigenvalue weighted by molar-refractivity contribution is 7.12. The third kappa shape index (κ3) is 3.76. The number of anilines is 1. The van der Waals surface area contributed by atoms with Gasteiger partial charge < -0.3 is 19.5 Å². The summed E-state index contributed by atoms with van der Waals surface area (Å²) >= 11 is 7.48. The lowest BCUT2D eigenvalue weighted by atomic mass is 10.1. The predicted molar refractivity (Wildman–Crippen MR) is 121 cm³/mol. The molecule has 0 aliphatic carbocycles. The zero-order valence-electron chi connectivity index (χ0n) is 17.1. The molecule has 0 saturated heterocycles. The lowest BCUT2D eigenvalue weighted by molar-refractivity contribution is 0.102. The standard InChI is InChI=1S/C22H17ClN4O4S/c1-12-7-20(25-21(28)15-9-14(23)4-6-17(15)29-2)27(26-12)22-24-16(10-32-22)13-3-5-18-19(8-13)31-11-30-18/h3-10H,11H2,1-2H3,(H,25,28). The van der Waals surface area contributed by atoms with Crippen LogP contribution in [0.1, 0.15) is 16.1 Å². The summed E-state index contributed by atoms with van der Waals surface area (Å²) in [7, 11) is 1.50. The van der Waals surface area contributed by atoms with Gasteiger partial charge in [0.15, 0.2) is 11.5 Å². The van der Waals surface area contributed by atoms with Crippen molar-refractivity contribution in [1.29, 1.82) is 0 Å². The van der Waals surface area contributed by atoms with Crippen molar-refractivity contribution in [2.45, 2.75) is 6.92 Å². The van der Waals surface area contributed by atoms with E-state index in [1.807, 2.05) is 30.5 Å². The second-order valence-electron chi connectivity index (χ2n) is 6.96. The molecular weight excluding hydrogens is 452 g/mol. The van der Waals surface area contributed by atoms with E-state index < -0.39 is 0 Å². The van der Waals surface area contributed by atoms with Gasteiger partial charge in [-0.15, -0.1) is 11.3 Å². The highest BCUT2D eigenvalue weighted by Crippen LogP contribution is 2.36. The number of aromatic nitrogens is 3. The Morgan fingerprint density at radius 1 is 1.19 bits per heavy atom. The molecule has 8 nitrogen and oxygen atoms in total. The molecule has 0 radical (unpaired) electrons. The highest BCUT2D eigenvalue weighted by Gasteiger charge is 2.19. The van der Waals surface area contributed by atoms with Gasteiger partial charge in [-0.2, -0.15) is 9.78 Å². The number of ether oxygens (including phenoxy) is 3. The van der Waals surface area contributed by atoms with E-state index in [2.05, 4.69) is 10.4 Å². The Morgan fingerprint density at radius 3 is 2.88 bits per heavy atom. The van der Waals surface area contributed by atoms with E-state index in [1.165, 1.54) is 18.4 Å². The number of thiazole rings is 1. The van der Waals surface area contributed by atoms with Crippen LogP contribution < -0.4 is 19.5 Å². The summed E-state index contributed by atoms with van der Waals surface area (Å²) in [6.45, 7) is 2.06. The molecule has 2 aromatic carbocycles. The predicted octanol–water partition coefficient (Wildman–Crippen LogP) is 4.95. The van der Waals surface area contributed by atoms with Crippen molar-refractivity contribution in [2.75, 3.05) is 19.2 Å². The number of halogens is 1. The molecule has 1 N–H and O–H groups in total. The maximum atomic E-state index is 12.9. The molecule has 3 heterocycles. The molecule has 0 bridgehead atoms. The van der Waals surface area contributed by atoms with E-state index in [0.717, 1.165) is 17.0 Å². The number of methoxy groups -OCH3 is 1. The molecule has 1 amide bonds. The van der Waals surface area contributed by atoms with Crippen molar-refractivity contribution < 1.29 is 19.0 Å². The van der Waals surface area contributed by atoms with Crippen molar-refractivity contribution in [1.82, 2.24) is 14.8 Å². The zero-order chi connectivity index (χ0) is 22.2. The fraction of sp³-hybridized carbons (Fsp3) is 0.136. The summed E-state index contributed by atoms with van der Waals surface area (Å²) in [5.41, 5.74) is 2.73. The molecule has 2 aromatic heterocycles. The molecular formula is C22H17ClN4O4S. The smallest absolute Gasteiger partial charge is 0.260 e. The van der Waals surface area contributed by atoms with E-state index in [0.29, 0.717) is 38.8 Å². The van der Waals surface area contributed by atoms with Crippen LogP contribution in [0.15, 0.2) is 47.8 Å². The SMILES string of the molecule is COc1ccc(Cl)cc1C(=O)Nc1cc(C)nn1-c1nc(-c2ccc3c(c2)OCO3)cs1. The molecule has 0 fully saturated rings. The summed E-state index contributed by atoms with van der Waals surface area (Å²) in [6.07, 6.45) is 0. The molecule has 4 aromatic rings.